The number of non-ortho nitro benzene ring substituents is 1. The van der Waals surface area contributed by atoms with Crippen LogP contribution >= 0.6 is 0 Å². The summed E-state index contributed by atoms with van der Waals surface area (Å²) >= 11 is 0. The number of nitro groups is 1. The molecule has 0 saturated heterocycles. The minimum Gasteiger partial charge on any atom is -0.309 e. The highest BCUT2D eigenvalue weighted by molar-refractivity contribution is 5.48. The molecule has 0 aliphatic carbocycles. The zero-order valence-corrected chi connectivity index (χ0v) is 11.0. The zero-order valence-electron chi connectivity index (χ0n) is 11.0. The maximum Gasteiger partial charge on any atom is 0.269 e. The third-order valence-electron chi connectivity index (χ3n) is 2.85. The van der Waals surface area contributed by atoms with Gasteiger partial charge in [0.2, 0.25) is 0 Å². The quantitative estimate of drug-likeness (QED) is 0.496. The van der Waals surface area contributed by atoms with Crippen LogP contribution < -0.4 is 5.32 Å². The van der Waals surface area contributed by atoms with Gasteiger partial charge in [0.1, 0.15) is 0 Å². The first-order valence-electron chi connectivity index (χ1n) is 6.41. The molecule has 0 saturated carbocycles. The highest BCUT2D eigenvalue weighted by atomic mass is 16.6. The molecule has 102 valence electrons. The van der Waals surface area contributed by atoms with Crippen molar-refractivity contribution >= 4 is 11.8 Å². The minimum absolute atomic E-state index is 0.123. The van der Waals surface area contributed by atoms with E-state index in [0.717, 1.165) is 12.1 Å². The topological polar surface area (TPSA) is 55.2 Å². The molecule has 2 aromatic carbocycles. The molecule has 0 bridgehead atoms. The highest BCUT2D eigenvalue weighted by Crippen LogP contribution is 2.11. The van der Waals surface area contributed by atoms with Crippen LogP contribution in [-0.2, 0) is 6.54 Å². The maximum absolute atomic E-state index is 10.5. The van der Waals surface area contributed by atoms with Gasteiger partial charge >= 0.3 is 0 Å². The van der Waals surface area contributed by atoms with Crippen molar-refractivity contribution in [3.05, 3.63) is 81.9 Å². The van der Waals surface area contributed by atoms with Crippen molar-refractivity contribution in [1.82, 2.24) is 5.32 Å². The van der Waals surface area contributed by atoms with Gasteiger partial charge in [-0.1, -0.05) is 54.6 Å². The van der Waals surface area contributed by atoms with Crippen molar-refractivity contribution in [3.8, 4) is 0 Å². The van der Waals surface area contributed by atoms with E-state index in [0.29, 0.717) is 6.54 Å². The summed E-state index contributed by atoms with van der Waals surface area (Å²) < 4.78 is 0. The van der Waals surface area contributed by atoms with Crippen LogP contribution in [0.3, 0.4) is 0 Å². The second-order valence-corrected chi connectivity index (χ2v) is 4.37. The molecule has 2 rings (SSSR count). The molecule has 2 aromatic rings. The Balaban J connectivity index is 1.76. The van der Waals surface area contributed by atoms with Crippen LogP contribution in [0, 0.1) is 10.1 Å². The smallest absolute Gasteiger partial charge is 0.269 e. The summed E-state index contributed by atoms with van der Waals surface area (Å²) in [7, 11) is 0. The van der Waals surface area contributed by atoms with E-state index in [1.54, 1.807) is 12.1 Å². The second kappa shape index (κ2) is 7.21. The van der Waals surface area contributed by atoms with E-state index in [4.69, 9.17) is 0 Å². The SMILES string of the molecule is O=[N+]([O-])c1ccc(CNCC=Cc2ccccc2)cc1. The van der Waals surface area contributed by atoms with Gasteiger partial charge in [-0.3, -0.25) is 10.1 Å². The summed E-state index contributed by atoms with van der Waals surface area (Å²) in [6, 6.07) is 16.7. The molecule has 0 aromatic heterocycles. The van der Waals surface area contributed by atoms with Crippen LogP contribution in [0.25, 0.3) is 6.08 Å². The van der Waals surface area contributed by atoms with Gasteiger partial charge in [-0.15, -0.1) is 0 Å². The van der Waals surface area contributed by atoms with E-state index in [2.05, 4.69) is 17.5 Å². The standard InChI is InChI=1S/C16H16N2O2/c19-18(20)16-10-8-15(9-11-16)13-17-12-4-7-14-5-2-1-3-6-14/h1-11,17H,12-13H2. The lowest BCUT2D eigenvalue weighted by atomic mass is 10.2. The number of nitrogens with zero attached hydrogens (tertiary/aromatic N) is 1. The fraction of sp³-hybridized carbons (Fsp3) is 0.125. The van der Waals surface area contributed by atoms with Gasteiger partial charge < -0.3 is 5.32 Å². The van der Waals surface area contributed by atoms with Gasteiger partial charge in [-0.25, -0.2) is 0 Å². The normalized spacial score (nSPS) is 10.8. The van der Waals surface area contributed by atoms with Crippen molar-refractivity contribution in [1.29, 1.82) is 0 Å². The average Bonchev–Trinajstić information content (AvgIpc) is 2.48. The zero-order chi connectivity index (χ0) is 14.2. The maximum atomic E-state index is 10.5. The van der Waals surface area contributed by atoms with Crippen molar-refractivity contribution in [3.63, 3.8) is 0 Å². The minimum atomic E-state index is -0.389. The Kier molecular flexibility index (Phi) is 5.03. The third kappa shape index (κ3) is 4.33. The van der Waals surface area contributed by atoms with Gasteiger partial charge in [0, 0.05) is 25.2 Å². The largest absolute Gasteiger partial charge is 0.309 e. The number of hydrogen-bond acceptors (Lipinski definition) is 3. The lowest BCUT2D eigenvalue weighted by molar-refractivity contribution is -0.384. The first-order chi connectivity index (χ1) is 9.75. The number of nitrogens with one attached hydrogen (secondary N) is 1. The summed E-state index contributed by atoms with van der Waals surface area (Å²) in [5.74, 6) is 0. The van der Waals surface area contributed by atoms with E-state index in [9.17, 15) is 10.1 Å². The van der Waals surface area contributed by atoms with Crippen molar-refractivity contribution < 1.29 is 4.92 Å². The number of rotatable bonds is 6. The first-order valence-corrected chi connectivity index (χ1v) is 6.41. The molecule has 0 spiro atoms. The molecule has 0 atom stereocenters. The molecule has 4 heteroatoms. The van der Waals surface area contributed by atoms with Crippen LogP contribution in [0.15, 0.2) is 60.7 Å². The summed E-state index contributed by atoms with van der Waals surface area (Å²) in [6.45, 7) is 1.45. The Hall–Kier alpha value is -2.46. The Morgan fingerprint density at radius 3 is 2.40 bits per heavy atom. The van der Waals surface area contributed by atoms with E-state index < -0.39 is 0 Å². The second-order valence-electron chi connectivity index (χ2n) is 4.37. The molecular formula is C16H16N2O2. The molecular weight excluding hydrogens is 252 g/mol. The van der Waals surface area contributed by atoms with E-state index >= 15 is 0 Å². The Morgan fingerprint density at radius 1 is 1.05 bits per heavy atom. The van der Waals surface area contributed by atoms with Gasteiger partial charge in [-0.05, 0) is 11.1 Å². The van der Waals surface area contributed by atoms with E-state index in [1.165, 1.54) is 17.7 Å². The summed E-state index contributed by atoms with van der Waals surface area (Å²) in [5, 5.41) is 13.8. The van der Waals surface area contributed by atoms with E-state index in [1.807, 2.05) is 30.3 Å². The predicted molar refractivity (Wildman–Crippen MR) is 80.3 cm³/mol. The monoisotopic (exact) mass is 268 g/mol. The van der Waals surface area contributed by atoms with Crippen LogP contribution in [0.2, 0.25) is 0 Å². The van der Waals surface area contributed by atoms with Crippen LogP contribution in [-0.4, -0.2) is 11.5 Å². The fourth-order valence-corrected chi connectivity index (χ4v) is 1.79. The van der Waals surface area contributed by atoms with Gasteiger partial charge in [0.15, 0.2) is 0 Å². The molecule has 0 heterocycles. The molecule has 20 heavy (non-hydrogen) atoms. The molecule has 0 radical (unpaired) electrons. The molecule has 0 aliphatic rings. The molecule has 0 aliphatic heterocycles. The van der Waals surface area contributed by atoms with Crippen LogP contribution in [0.5, 0.6) is 0 Å². The Morgan fingerprint density at radius 2 is 1.75 bits per heavy atom. The average molecular weight is 268 g/mol. The van der Waals surface area contributed by atoms with Gasteiger partial charge in [0.25, 0.3) is 5.69 Å². The van der Waals surface area contributed by atoms with Crippen molar-refractivity contribution in [2.75, 3.05) is 6.54 Å². The van der Waals surface area contributed by atoms with Crippen molar-refractivity contribution in [2.45, 2.75) is 6.54 Å². The van der Waals surface area contributed by atoms with Gasteiger partial charge in [0.05, 0.1) is 4.92 Å². The summed E-state index contributed by atoms with van der Waals surface area (Å²) in [6.07, 6.45) is 4.11. The first kappa shape index (κ1) is 14.0. The molecule has 0 unspecified atom stereocenters. The number of nitro benzene ring substituents is 1. The summed E-state index contributed by atoms with van der Waals surface area (Å²) in [5.41, 5.74) is 2.33. The predicted octanol–water partition coefficient (Wildman–Crippen LogP) is 3.40. The molecule has 0 fully saturated rings. The number of benzene rings is 2. The molecule has 4 nitrogen and oxygen atoms in total. The lowest BCUT2D eigenvalue weighted by Gasteiger charge is -2.01. The lowest BCUT2D eigenvalue weighted by Crippen LogP contribution is -2.12. The highest BCUT2D eigenvalue weighted by Gasteiger charge is 2.02. The fourth-order valence-electron chi connectivity index (χ4n) is 1.79. The van der Waals surface area contributed by atoms with Gasteiger partial charge in [-0.2, -0.15) is 0 Å². The van der Waals surface area contributed by atoms with Crippen LogP contribution in [0.4, 0.5) is 5.69 Å². The molecule has 1 N–H and O–H groups in total. The molecule has 0 amide bonds. The van der Waals surface area contributed by atoms with Crippen LogP contribution in [0.1, 0.15) is 11.1 Å². The Bertz CT molecular complexity index is 577. The van der Waals surface area contributed by atoms with Crippen molar-refractivity contribution in [2.24, 2.45) is 0 Å². The Labute approximate surface area is 117 Å². The third-order valence-corrected chi connectivity index (χ3v) is 2.85. The summed E-state index contributed by atoms with van der Waals surface area (Å²) in [4.78, 5) is 10.1. The number of hydrogen-bond donors (Lipinski definition) is 1. The van der Waals surface area contributed by atoms with E-state index in [-0.39, 0.29) is 10.6 Å².